The number of aliphatic hydroxyl groups excluding tert-OH is 2. The van der Waals surface area contributed by atoms with Crippen molar-refractivity contribution in [3.63, 3.8) is 0 Å². The summed E-state index contributed by atoms with van der Waals surface area (Å²) in [5.41, 5.74) is 0. The summed E-state index contributed by atoms with van der Waals surface area (Å²) in [6, 6.07) is -0.701. The molecule has 6 heteroatoms. The van der Waals surface area contributed by atoms with E-state index in [2.05, 4.69) is 38.2 Å². The SMILES string of the molecule is CCCCCCCCC/C=C/CCCCCC(CC(=O)NC(CO)C(O)CCCCCCCCCCCCCCCCC)OC(=O)CCCCCCCCCCCCCCCCCCC. The molecule has 0 aromatic carbocycles. The zero-order valence-corrected chi connectivity index (χ0v) is 44.2. The van der Waals surface area contributed by atoms with E-state index < -0.39 is 18.2 Å². The summed E-state index contributed by atoms with van der Waals surface area (Å²) in [5, 5.41) is 23.9. The van der Waals surface area contributed by atoms with Crippen molar-refractivity contribution in [2.24, 2.45) is 0 Å². The second-order valence-electron chi connectivity index (χ2n) is 20.4. The van der Waals surface area contributed by atoms with Crippen LogP contribution in [0.1, 0.15) is 329 Å². The van der Waals surface area contributed by atoms with Gasteiger partial charge in [-0.15, -0.1) is 0 Å². The fourth-order valence-electron chi connectivity index (χ4n) is 9.37. The van der Waals surface area contributed by atoms with Crippen LogP contribution in [0.15, 0.2) is 12.2 Å². The second-order valence-corrected chi connectivity index (χ2v) is 20.4. The number of ether oxygens (including phenoxy) is 1. The molecule has 0 aliphatic rings. The molecule has 386 valence electrons. The van der Waals surface area contributed by atoms with Crippen LogP contribution in [0.3, 0.4) is 0 Å². The number of rotatable bonds is 54. The number of hydrogen-bond donors (Lipinski definition) is 3. The van der Waals surface area contributed by atoms with Crippen LogP contribution in [0.25, 0.3) is 0 Å². The highest BCUT2D eigenvalue weighted by molar-refractivity contribution is 5.77. The molecule has 0 aliphatic carbocycles. The van der Waals surface area contributed by atoms with Crippen molar-refractivity contribution >= 4 is 11.9 Å². The van der Waals surface area contributed by atoms with E-state index in [-0.39, 0.29) is 24.9 Å². The number of allylic oxidation sites excluding steroid dienone is 2. The number of nitrogens with one attached hydrogen (secondary N) is 1. The van der Waals surface area contributed by atoms with E-state index in [1.807, 2.05) is 0 Å². The fraction of sp³-hybridized carbons (Fsp3) is 0.932. The van der Waals surface area contributed by atoms with Gasteiger partial charge in [-0.3, -0.25) is 9.59 Å². The van der Waals surface area contributed by atoms with Gasteiger partial charge in [0, 0.05) is 6.42 Å². The van der Waals surface area contributed by atoms with Gasteiger partial charge in [0.15, 0.2) is 0 Å². The van der Waals surface area contributed by atoms with Gasteiger partial charge in [0.2, 0.25) is 5.91 Å². The summed E-state index contributed by atoms with van der Waals surface area (Å²) >= 11 is 0. The number of hydrogen-bond acceptors (Lipinski definition) is 5. The summed E-state index contributed by atoms with van der Waals surface area (Å²) in [5.74, 6) is -0.465. The van der Waals surface area contributed by atoms with E-state index in [0.29, 0.717) is 19.3 Å². The van der Waals surface area contributed by atoms with Crippen molar-refractivity contribution in [2.45, 2.75) is 347 Å². The molecular formula is C59H115NO5. The fourth-order valence-corrected chi connectivity index (χ4v) is 9.37. The highest BCUT2D eigenvalue weighted by Gasteiger charge is 2.24. The summed E-state index contributed by atoms with van der Waals surface area (Å²) < 4.78 is 5.96. The van der Waals surface area contributed by atoms with Gasteiger partial charge in [-0.1, -0.05) is 277 Å². The Morgan fingerprint density at radius 1 is 0.431 bits per heavy atom. The van der Waals surface area contributed by atoms with Crippen LogP contribution in [0.4, 0.5) is 0 Å². The zero-order chi connectivity index (χ0) is 47.4. The summed E-state index contributed by atoms with van der Waals surface area (Å²) in [6.07, 6.45) is 61.4. The van der Waals surface area contributed by atoms with Gasteiger partial charge >= 0.3 is 5.97 Å². The Kier molecular flexibility index (Phi) is 52.4. The van der Waals surface area contributed by atoms with E-state index in [4.69, 9.17) is 4.74 Å². The van der Waals surface area contributed by atoms with Gasteiger partial charge in [-0.05, 0) is 51.4 Å². The molecule has 0 rings (SSSR count). The van der Waals surface area contributed by atoms with Crippen LogP contribution in [-0.4, -0.2) is 46.9 Å². The minimum absolute atomic E-state index is 0.0747. The molecule has 0 heterocycles. The van der Waals surface area contributed by atoms with Gasteiger partial charge in [0.1, 0.15) is 6.10 Å². The van der Waals surface area contributed by atoms with Gasteiger partial charge in [-0.2, -0.15) is 0 Å². The molecule has 3 N–H and O–H groups in total. The number of amides is 1. The zero-order valence-electron chi connectivity index (χ0n) is 44.2. The molecule has 1 amide bonds. The molecule has 0 fully saturated rings. The monoisotopic (exact) mass is 918 g/mol. The molecule has 0 bridgehead atoms. The van der Waals surface area contributed by atoms with Crippen molar-refractivity contribution in [2.75, 3.05) is 6.61 Å². The first kappa shape index (κ1) is 63.6. The number of carbonyl (C=O) groups is 2. The topological polar surface area (TPSA) is 95.9 Å². The average molecular weight is 919 g/mol. The average Bonchev–Trinajstić information content (AvgIpc) is 3.30. The van der Waals surface area contributed by atoms with Crippen molar-refractivity contribution in [1.29, 1.82) is 0 Å². The number of esters is 1. The highest BCUT2D eigenvalue weighted by Crippen LogP contribution is 2.19. The van der Waals surface area contributed by atoms with Crippen LogP contribution < -0.4 is 5.32 Å². The normalized spacial score (nSPS) is 13.1. The Hall–Kier alpha value is -1.40. The molecule has 0 aromatic rings. The lowest BCUT2D eigenvalue weighted by Crippen LogP contribution is -2.46. The minimum Gasteiger partial charge on any atom is -0.462 e. The van der Waals surface area contributed by atoms with E-state index in [1.54, 1.807) is 0 Å². The highest BCUT2D eigenvalue weighted by atomic mass is 16.5. The minimum atomic E-state index is -0.787. The van der Waals surface area contributed by atoms with Crippen molar-refractivity contribution in [1.82, 2.24) is 5.32 Å². The number of aliphatic hydroxyl groups is 2. The third-order valence-electron chi connectivity index (χ3n) is 13.8. The van der Waals surface area contributed by atoms with Crippen molar-refractivity contribution in [3.8, 4) is 0 Å². The molecule has 0 aliphatic heterocycles. The van der Waals surface area contributed by atoms with Crippen molar-refractivity contribution < 1.29 is 24.5 Å². The molecule has 0 saturated carbocycles. The Labute approximate surface area is 406 Å². The molecular weight excluding hydrogens is 803 g/mol. The molecule has 3 unspecified atom stereocenters. The molecule has 6 nitrogen and oxygen atoms in total. The summed E-state index contributed by atoms with van der Waals surface area (Å²) in [6.45, 7) is 6.52. The summed E-state index contributed by atoms with van der Waals surface area (Å²) in [4.78, 5) is 26.3. The van der Waals surface area contributed by atoms with E-state index in [9.17, 15) is 19.8 Å². The number of unbranched alkanes of at least 4 members (excludes halogenated alkanes) is 40. The molecule has 0 aromatic heterocycles. The van der Waals surface area contributed by atoms with Crippen molar-refractivity contribution in [3.05, 3.63) is 12.2 Å². The first-order valence-electron chi connectivity index (χ1n) is 29.4. The van der Waals surface area contributed by atoms with Gasteiger partial charge in [0.25, 0.3) is 0 Å². The van der Waals surface area contributed by atoms with Gasteiger partial charge < -0.3 is 20.3 Å². The standard InChI is InChI=1S/C59H115NO5/c1-4-7-10-13-16-19-22-25-28-29-31-34-37-40-43-46-49-52-59(64)65-55(50-47-44-41-38-35-32-27-24-21-18-15-12-9-6-3)53-58(63)60-56(54-61)57(62)51-48-45-42-39-36-33-30-26-23-20-17-14-11-8-5-2/h32,35,55-57,61-62H,4-31,33-34,36-54H2,1-3H3,(H,60,63)/b35-32+. The third-order valence-corrected chi connectivity index (χ3v) is 13.8. The molecule has 3 atom stereocenters. The molecule has 0 spiro atoms. The Morgan fingerprint density at radius 3 is 1.11 bits per heavy atom. The Bertz CT molecular complexity index is 986. The lowest BCUT2D eigenvalue weighted by molar-refractivity contribution is -0.151. The number of carbonyl (C=O) groups excluding carboxylic acids is 2. The first-order chi connectivity index (χ1) is 32.0. The quantitative estimate of drug-likeness (QED) is 0.0321. The second kappa shape index (κ2) is 53.6. The third kappa shape index (κ3) is 48.9. The van der Waals surface area contributed by atoms with Crippen LogP contribution in [0.2, 0.25) is 0 Å². The largest absolute Gasteiger partial charge is 0.462 e. The maximum absolute atomic E-state index is 13.3. The van der Waals surface area contributed by atoms with Crippen LogP contribution in [-0.2, 0) is 14.3 Å². The maximum Gasteiger partial charge on any atom is 0.306 e. The lowest BCUT2D eigenvalue weighted by Gasteiger charge is -2.24. The molecule has 0 saturated heterocycles. The lowest BCUT2D eigenvalue weighted by atomic mass is 10.0. The van der Waals surface area contributed by atoms with Crippen LogP contribution >= 0.6 is 0 Å². The smallest absolute Gasteiger partial charge is 0.306 e. The Morgan fingerprint density at radius 2 is 0.738 bits per heavy atom. The predicted molar refractivity (Wildman–Crippen MR) is 283 cm³/mol. The van der Waals surface area contributed by atoms with E-state index in [1.165, 1.54) is 225 Å². The predicted octanol–water partition coefficient (Wildman–Crippen LogP) is 18.1. The van der Waals surface area contributed by atoms with Crippen LogP contribution in [0, 0.1) is 0 Å². The maximum atomic E-state index is 13.3. The van der Waals surface area contributed by atoms with Gasteiger partial charge in [-0.25, -0.2) is 0 Å². The Balaban J connectivity index is 4.50. The molecule has 0 radical (unpaired) electrons. The van der Waals surface area contributed by atoms with E-state index >= 15 is 0 Å². The van der Waals surface area contributed by atoms with Crippen LogP contribution in [0.5, 0.6) is 0 Å². The molecule has 65 heavy (non-hydrogen) atoms. The first-order valence-corrected chi connectivity index (χ1v) is 29.4. The summed E-state index contributed by atoms with van der Waals surface area (Å²) in [7, 11) is 0. The van der Waals surface area contributed by atoms with Gasteiger partial charge in [0.05, 0.1) is 25.2 Å². The van der Waals surface area contributed by atoms with E-state index in [0.717, 1.165) is 57.8 Å².